The highest BCUT2D eigenvalue weighted by Gasteiger charge is 2.13. The largest absolute Gasteiger partial charge is 0.396 e. The van der Waals surface area contributed by atoms with Crippen LogP contribution in [-0.4, -0.2) is 9.78 Å². The van der Waals surface area contributed by atoms with Crippen LogP contribution in [0.2, 0.25) is 15.1 Å². The van der Waals surface area contributed by atoms with Crippen LogP contribution >= 0.6 is 34.8 Å². The fourth-order valence-electron chi connectivity index (χ4n) is 2.00. The van der Waals surface area contributed by atoms with Crippen LogP contribution in [0.5, 0.6) is 0 Å². The number of anilines is 1. The van der Waals surface area contributed by atoms with Crippen molar-refractivity contribution < 1.29 is 0 Å². The summed E-state index contributed by atoms with van der Waals surface area (Å²) >= 11 is 18.1. The van der Waals surface area contributed by atoms with Gasteiger partial charge in [-0.05, 0) is 42.5 Å². The molecule has 0 aliphatic heterocycles. The molecule has 3 rings (SSSR count). The third kappa shape index (κ3) is 2.86. The van der Waals surface area contributed by atoms with E-state index in [4.69, 9.17) is 40.5 Å². The molecular weight excluding hydrogens is 329 g/mol. The molecule has 0 unspecified atom stereocenters. The highest BCUT2D eigenvalue weighted by Crippen LogP contribution is 2.33. The highest BCUT2D eigenvalue weighted by atomic mass is 35.5. The van der Waals surface area contributed by atoms with E-state index in [0.717, 1.165) is 5.69 Å². The van der Waals surface area contributed by atoms with Gasteiger partial charge in [0.05, 0.1) is 22.6 Å². The summed E-state index contributed by atoms with van der Waals surface area (Å²) < 4.78 is 1.68. The summed E-state index contributed by atoms with van der Waals surface area (Å²) in [4.78, 5) is 0. The van der Waals surface area contributed by atoms with Crippen LogP contribution in [0.25, 0.3) is 16.9 Å². The normalized spacial score (nSPS) is 10.8. The minimum atomic E-state index is 0.522. The van der Waals surface area contributed by atoms with Crippen molar-refractivity contribution >= 4 is 40.5 Å². The number of hydrogen-bond donors (Lipinski definition) is 1. The molecule has 3 aromatic rings. The van der Waals surface area contributed by atoms with E-state index in [1.165, 1.54) is 0 Å². The quantitative estimate of drug-likeness (QED) is 0.708. The first-order valence-electron chi connectivity index (χ1n) is 6.11. The lowest BCUT2D eigenvalue weighted by atomic mass is 10.1. The molecule has 6 heteroatoms. The summed E-state index contributed by atoms with van der Waals surface area (Å²) in [7, 11) is 0. The summed E-state index contributed by atoms with van der Waals surface area (Å²) in [5, 5.41) is 6.28. The average molecular weight is 339 g/mol. The van der Waals surface area contributed by atoms with Crippen molar-refractivity contribution in [3.05, 3.63) is 63.7 Å². The fraction of sp³-hybridized carbons (Fsp3) is 0. The van der Waals surface area contributed by atoms with Crippen molar-refractivity contribution in [2.24, 2.45) is 0 Å². The summed E-state index contributed by atoms with van der Waals surface area (Å²) in [6.07, 6.45) is 1.73. The predicted molar refractivity (Wildman–Crippen MR) is 88.4 cm³/mol. The van der Waals surface area contributed by atoms with Crippen molar-refractivity contribution in [3.63, 3.8) is 0 Å². The average Bonchev–Trinajstić information content (AvgIpc) is 2.84. The molecular formula is C15H10Cl3N3. The van der Waals surface area contributed by atoms with Gasteiger partial charge >= 0.3 is 0 Å². The van der Waals surface area contributed by atoms with Gasteiger partial charge in [0.2, 0.25) is 0 Å². The maximum absolute atomic E-state index is 6.20. The van der Waals surface area contributed by atoms with Gasteiger partial charge in [-0.15, -0.1) is 0 Å². The third-order valence-corrected chi connectivity index (χ3v) is 3.83. The Bertz CT molecular complexity index is 794. The number of halogens is 3. The predicted octanol–water partition coefficient (Wildman–Crippen LogP) is 5.08. The molecule has 1 heterocycles. The minimum Gasteiger partial charge on any atom is -0.396 e. The van der Waals surface area contributed by atoms with Gasteiger partial charge in [0.15, 0.2) is 0 Å². The number of nitrogens with zero attached hydrogens (tertiary/aromatic N) is 2. The van der Waals surface area contributed by atoms with E-state index in [9.17, 15) is 0 Å². The van der Waals surface area contributed by atoms with E-state index in [2.05, 4.69) is 5.10 Å². The monoisotopic (exact) mass is 337 g/mol. The molecule has 0 saturated heterocycles. The van der Waals surface area contributed by atoms with Gasteiger partial charge in [-0.2, -0.15) is 5.10 Å². The van der Waals surface area contributed by atoms with E-state index in [-0.39, 0.29) is 0 Å². The Morgan fingerprint density at radius 1 is 0.905 bits per heavy atom. The molecule has 0 atom stereocenters. The first-order chi connectivity index (χ1) is 10.0. The van der Waals surface area contributed by atoms with E-state index in [1.54, 1.807) is 41.2 Å². The first-order valence-corrected chi connectivity index (χ1v) is 7.24. The zero-order valence-corrected chi connectivity index (χ0v) is 13.0. The second-order valence-electron chi connectivity index (χ2n) is 4.48. The molecule has 3 nitrogen and oxygen atoms in total. The molecule has 2 aromatic carbocycles. The molecule has 0 bridgehead atoms. The van der Waals surface area contributed by atoms with E-state index < -0.39 is 0 Å². The van der Waals surface area contributed by atoms with Gasteiger partial charge in [0.1, 0.15) is 5.69 Å². The van der Waals surface area contributed by atoms with Crippen LogP contribution in [0, 0.1) is 0 Å². The lowest BCUT2D eigenvalue weighted by Gasteiger charge is -2.03. The lowest BCUT2D eigenvalue weighted by Crippen LogP contribution is -1.94. The van der Waals surface area contributed by atoms with Gasteiger partial charge in [0.25, 0.3) is 0 Å². The molecule has 21 heavy (non-hydrogen) atoms. The minimum absolute atomic E-state index is 0.522. The van der Waals surface area contributed by atoms with Gasteiger partial charge in [-0.25, -0.2) is 4.68 Å². The van der Waals surface area contributed by atoms with E-state index in [1.807, 2.05) is 12.1 Å². The Morgan fingerprint density at radius 2 is 1.57 bits per heavy atom. The van der Waals surface area contributed by atoms with Crippen molar-refractivity contribution in [2.45, 2.75) is 0 Å². The van der Waals surface area contributed by atoms with E-state index in [0.29, 0.717) is 32.0 Å². The molecule has 0 aliphatic rings. The highest BCUT2D eigenvalue weighted by molar-refractivity contribution is 6.35. The third-order valence-electron chi connectivity index (χ3n) is 3.02. The number of nitrogen functional groups attached to an aromatic ring is 1. The molecule has 106 valence electrons. The Balaban J connectivity index is 2.09. The second kappa shape index (κ2) is 5.60. The lowest BCUT2D eigenvalue weighted by molar-refractivity contribution is 0.884. The van der Waals surface area contributed by atoms with Crippen molar-refractivity contribution in [2.75, 3.05) is 5.73 Å². The van der Waals surface area contributed by atoms with Crippen LogP contribution in [0.1, 0.15) is 0 Å². The van der Waals surface area contributed by atoms with Gasteiger partial charge in [-0.1, -0.05) is 34.8 Å². The zero-order chi connectivity index (χ0) is 15.0. The van der Waals surface area contributed by atoms with Crippen molar-refractivity contribution in [3.8, 4) is 16.9 Å². The van der Waals surface area contributed by atoms with E-state index >= 15 is 0 Å². The smallest absolute Gasteiger partial charge is 0.117 e. The topological polar surface area (TPSA) is 43.8 Å². The maximum atomic E-state index is 6.20. The molecule has 0 amide bonds. The van der Waals surface area contributed by atoms with Crippen molar-refractivity contribution in [1.82, 2.24) is 9.78 Å². The molecule has 1 aromatic heterocycles. The Labute approximate surface area is 136 Å². The standard InChI is InChI=1S/C15H10Cl3N3/c16-9-1-4-11(5-2-9)21-8-14(19)15(20-21)12-7-10(17)3-6-13(12)18/h1-8H,19H2. The molecule has 0 radical (unpaired) electrons. The van der Waals surface area contributed by atoms with Crippen molar-refractivity contribution in [1.29, 1.82) is 0 Å². The number of nitrogens with two attached hydrogens (primary N) is 1. The second-order valence-corrected chi connectivity index (χ2v) is 5.76. The van der Waals surface area contributed by atoms with Crippen LogP contribution < -0.4 is 5.73 Å². The Morgan fingerprint density at radius 3 is 2.29 bits per heavy atom. The van der Waals surface area contributed by atoms with Gasteiger partial charge in [0, 0.05) is 15.6 Å². The SMILES string of the molecule is Nc1cn(-c2ccc(Cl)cc2)nc1-c1cc(Cl)ccc1Cl. The summed E-state index contributed by atoms with van der Waals surface area (Å²) in [5.41, 5.74) is 8.73. The molecule has 0 spiro atoms. The fourth-order valence-corrected chi connectivity index (χ4v) is 2.51. The number of aromatic nitrogens is 2. The van der Waals surface area contributed by atoms with Gasteiger partial charge in [-0.3, -0.25) is 0 Å². The molecule has 0 aliphatic carbocycles. The number of benzene rings is 2. The number of rotatable bonds is 2. The Hall–Kier alpha value is -1.68. The van der Waals surface area contributed by atoms with Gasteiger partial charge < -0.3 is 5.73 Å². The molecule has 0 fully saturated rings. The van der Waals surface area contributed by atoms with Crippen LogP contribution in [0.4, 0.5) is 5.69 Å². The summed E-state index contributed by atoms with van der Waals surface area (Å²) in [6.45, 7) is 0. The zero-order valence-electron chi connectivity index (χ0n) is 10.7. The Kier molecular flexibility index (Phi) is 3.81. The summed E-state index contributed by atoms with van der Waals surface area (Å²) in [6, 6.07) is 12.5. The summed E-state index contributed by atoms with van der Waals surface area (Å²) in [5.74, 6) is 0. The van der Waals surface area contributed by atoms with Crippen LogP contribution in [-0.2, 0) is 0 Å². The maximum Gasteiger partial charge on any atom is 0.117 e. The molecule has 2 N–H and O–H groups in total. The van der Waals surface area contributed by atoms with Crippen LogP contribution in [0.15, 0.2) is 48.7 Å². The first kappa shape index (κ1) is 14.3. The number of hydrogen-bond acceptors (Lipinski definition) is 2. The van der Waals surface area contributed by atoms with Crippen LogP contribution in [0.3, 0.4) is 0 Å². The molecule has 0 saturated carbocycles.